The number of hydrogen-bond acceptors (Lipinski definition) is 5. The lowest BCUT2D eigenvalue weighted by Gasteiger charge is -2.15. The summed E-state index contributed by atoms with van der Waals surface area (Å²) in [4.78, 5) is 0. The third-order valence-electron chi connectivity index (χ3n) is 1.59. The van der Waals surface area contributed by atoms with Crippen molar-refractivity contribution in [3.63, 3.8) is 0 Å². The van der Waals surface area contributed by atoms with Crippen LogP contribution in [0.3, 0.4) is 0 Å². The predicted molar refractivity (Wildman–Crippen MR) is 53.1 cm³/mol. The van der Waals surface area contributed by atoms with E-state index in [9.17, 15) is 5.11 Å². The van der Waals surface area contributed by atoms with Crippen molar-refractivity contribution in [2.45, 2.75) is 32.2 Å². The van der Waals surface area contributed by atoms with Gasteiger partial charge in [-0.1, -0.05) is 0 Å². The Labute approximate surface area is 84.7 Å². The maximum Gasteiger partial charge on any atom is 0.0897 e. The fraction of sp³-hybridized carbons (Fsp3) is 1.00. The van der Waals surface area contributed by atoms with Gasteiger partial charge in [0.1, 0.15) is 0 Å². The van der Waals surface area contributed by atoms with Gasteiger partial charge in [-0.2, -0.15) is 0 Å². The molecule has 0 spiro atoms. The molecule has 5 heteroatoms. The van der Waals surface area contributed by atoms with Crippen LogP contribution in [0, 0.1) is 0 Å². The van der Waals surface area contributed by atoms with Crippen LogP contribution in [0.15, 0.2) is 0 Å². The largest absolute Gasteiger partial charge is 0.394 e. The summed E-state index contributed by atoms with van der Waals surface area (Å²) in [5.41, 5.74) is 0. The molecular weight excluding hydrogens is 186 g/mol. The van der Waals surface area contributed by atoms with Crippen molar-refractivity contribution in [2.24, 2.45) is 0 Å². The molecule has 0 aliphatic heterocycles. The van der Waals surface area contributed by atoms with E-state index in [1.807, 2.05) is 13.8 Å². The van der Waals surface area contributed by atoms with Gasteiger partial charge in [-0.05, 0) is 13.8 Å². The number of ether oxygens (including phenoxy) is 1. The highest BCUT2D eigenvalue weighted by Gasteiger charge is 2.06. The van der Waals surface area contributed by atoms with Crippen LogP contribution in [0.1, 0.15) is 13.8 Å². The van der Waals surface area contributed by atoms with Gasteiger partial charge in [0.25, 0.3) is 0 Å². The highest BCUT2D eigenvalue weighted by atomic mass is 16.5. The number of hydrogen-bond donors (Lipinski definition) is 4. The molecule has 0 aliphatic carbocycles. The minimum Gasteiger partial charge on any atom is -0.394 e. The number of rotatable bonds is 8. The molecule has 0 rings (SSSR count). The van der Waals surface area contributed by atoms with Crippen LogP contribution in [0.5, 0.6) is 0 Å². The molecule has 0 amide bonds. The van der Waals surface area contributed by atoms with Crippen molar-refractivity contribution >= 4 is 0 Å². The summed E-state index contributed by atoms with van der Waals surface area (Å²) in [7, 11) is 0. The SMILES string of the molecule is CC(C)OCC(O)CNCC(O)CO. The van der Waals surface area contributed by atoms with E-state index in [1.165, 1.54) is 0 Å². The zero-order valence-corrected chi connectivity index (χ0v) is 8.81. The molecule has 0 fully saturated rings. The topological polar surface area (TPSA) is 82.0 Å². The number of aliphatic hydroxyl groups excluding tert-OH is 3. The van der Waals surface area contributed by atoms with Gasteiger partial charge in [0, 0.05) is 13.1 Å². The van der Waals surface area contributed by atoms with Crippen LogP contribution >= 0.6 is 0 Å². The van der Waals surface area contributed by atoms with Gasteiger partial charge in [0.2, 0.25) is 0 Å². The van der Waals surface area contributed by atoms with Gasteiger partial charge < -0.3 is 25.4 Å². The first-order chi connectivity index (χ1) is 6.56. The first-order valence-electron chi connectivity index (χ1n) is 4.85. The molecule has 14 heavy (non-hydrogen) atoms. The van der Waals surface area contributed by atoms with E-state index in [1.54, 1.807) is 0 Å². The van der Waals surface area contributed by atoms with Crippen LogP contribution in [0.25, 0.3) is 0 Å². The fourth-order valence-electron chi connectivity index (χ4n) is 0.844. The predicted octanol–water partition coefficient (Wildman–Crippen LogP) is -1.28. The summed E-state index contributed by atoms with van der Waals surface area (Å²) in [5, 5.41) is 29.6. The average Bonchev–Trinajstić information content (AvgIpc) is 2.14. The Balaban J connectivity index is 3.30. The van der Waals surface area contributed by atoms with E-state index < -0.39 is 12.2 Å². The number of aliphatic hydroxyl groups is 3. The van der Waals surface area contributed by atoms with E-state index in [0.29, 0.717) is 6.54 Å². The molecule has 86 valence electrons. The van der Waals surface area contributed by atoms with E-state index >= 15 is 0 Å². The Hall–Kier alpha value is -0.200. The lowest BCUT2D eigenvalue weighted by Crippen LogP contribution is -2.36. The Bertz CT molecular complexity index is 132. The molecule has 0 heterocycles. The van der Waals surface area contributed by atoms with Crippen LogP contribution < -0.4 is 5.32 Å². The highest BCUT2D eigenvalue weighted by molar-refractivity contribution is 4.62. The molecule has 0 aromatic rings. The Morgan fingerprint density at radius 2 is 1.71 bits per heavy atom. The fourth-order valence-corrected chi connectivity index (χ4v) is 0.844. The second-order valence-corrected chi connectivity index (χ2v) is 3.53. The molecule has 5 nitrogen and oxygen atoms in total. The van der Waals surface area contributed by atoms with Crippen LogP contribution in [0.4, 0.5) is 0 Å². The monoisotopic (exact) mass is 207 g/mol. The minimum atomic E-state index is -0.770. The quantitative estimate of drug-likeness (QED) is 0.398. The van der Waals surface area contributed by atoms with Gasteiger partial charge in [-0.15, -0.1) is 0 Å². The Kier molecular flexibility index (Phi) is 8.02. The van der Waals surface area contributed by atoms with Crippen LogP contribution in [-0.2, 0) is 4.74 Å². The van der Waals surface area contributed by atoms with E-state index in [2.05, 4.69) is 5.32 Å². The van der Waals surface area contributed by atoms with E-state index in [4.69, 9.17) is 14.9 Å². The van der Waals surface area contributed by atoms with Crippen LogP contribution in [0.2, 0.25) is 0 Å². The van der Waals surface area contributed by atoms with Gasteiger partial charge in [-0.25, -0.2) is 0 Å². The maximum atomic E-state index is 9.35. The summed E-state index contributed by atoms with van der Waals surface area (Å²) >= 11 is 0. The summed E-state index contributed by atoms with van der Waals surface area (Å²) in [6, 6.07) is 0. The smallest absolute Gasteiger partial charge is 0.0897 e. The van der Waals surface area contributed by atoms with Gasteiger partial charge in [0.15, 0.2) is 0 Å². The standard InChI is InChI=1S/C9H21NO4/c1-7(2)14-6-9(13)4-10-3-8(12)5-11/h7-13H,3-6H2,1-2H3. The molecule has 2 unspecified atom stereocenters. The number of nitrogens with one attached hydrogen (secondary N) is 1. The maximum absolute atomic E-state index is 9.35. The second-order valence-electron chi connectivity index (χ2n) is 3.53. The lowest BCUT2D eigenvalue weighted by molar-refractivity contribution is 0.00461. The summed E-state index contributed by atoms with van der Waals surface area (Å²) in [6.07, 6.45) is -1.25. The summed E-state index contributed by atoms with van der Waals surface area (Å²) in [6.45, 7) is 4.43. The molecule has 0 aromatic heterocycles. The third-order valence-corrected chi connectivity index (χ3v) is 1.59. The van der Waals surface area contributed by atoms with Gasteiger partial charge in [-0.3, -0.25) is 0 Å². The van der Waals surface area contributed by atoms with Crippen molar-refractivity contribution in [3.05, 3.63) is 0 Å². The van der Waals surface area contributed by atoms with Crippen molar-refractivity contribution < 1.29 is 20.1 Å². The molecule has 0 aromatic carbocycles. The first-order valence-corrected chi connectivity index (χ1v) is 4.85. The van der Waals surface area contributed by atoms with Crippen molar-refractivity contribution in [2.75, 3.05) is 26.3 Å². The van der Waals surface area contributed by atoms with Crippen molar-refractivity contribution in [1.82, 2.24) is 5.32 Å². The van der Waals surface area contributed by atoms with Crippen LogP contribution in [-0.4, -0.2) is 59.9 Å². The van der Waals surface area contributed by atoms with Gasteiger partial charge in [0.05, 0.1) is 31.5 Å². The normalized spacial score (nSPS) is 15.9. The third kappa shape index (κ3) is 8.40. The molecule has 0 radical (unpaired) electrons. The second kappa shape index (κ2) is 8.14. The highest BCUT2D eigenvalue weighted by Crippen LogP contribution is 1.90. The minimum absolute atomic E-state index is 0.104. The Morgan fingerprint density at radius 1 is 1.14 bits per heavy atom. The van der Waals surface area contributed by atoms with E-state index in [0.717, 1.165) is 0 Å². The molecular formula is C9H21NO4. The molecule has 0 saturated heterocycles. The van der Waals surface area contributed by atoms with E-state index in [-0.39, 0.29) is 25.9 Å². The molecule has 2 atom stereocenters. The molecule has 4 N–H and O–H groups in total. The van der Waals surface area contributed by atoms with Gasteiger partial charge >= 0.3 is 0 Å². The summed E-state index contributed by atoms with van der Waals surface area (Å²) < 4.78 is 5.19. The average molecular weight is 207 g/mol. The van der Waals surface area contributed by atoms with Crippen molar-refractivity contribution in [3.8, 4) is 0 Å². The summed E-state index contributed by atoms with van der Waals surface area (Å²) in [5.74, 6) is 0. The first kappa shape index (κ1) is 13.8. The molecule has 0 aliphatic rings. The zero-order chi connectivity index (χ0) is 11.0. The molecule has 0 saturated carbocycles. The molecule has 0 bridgehead atoms. The lowest BCUT2D eigenvalue weighted by atomic mass is 10.3. The zero-order valence-electron chi connectivity index (χ0n) is 8.81. The Morgan fingerprint density at radius 3 is 2.21 bits per heavy atom. The van der Waals surface area contributed by atoms with Crippen molar-refractivity contribution in [1.29, 1.82) is 0 Å².